The van der Waals surface area contributed by atoms with Gasteiger partial charge in [0.2, 0.25) is 0 Å². The smallest absolute Gasteiger partial charge is 0.0975 e. The molecule has 1 aromatic rings. The van der Waals surface area contributed by atoms with Crippen LogP contribution in [-0.2, 0) is 6.54 Å². The molecule has 0 unspecified atom stereocenters. The van der Waals surface area contributed by atoms with Crippen LogP contribution in [0.3, 0.4) is 0 Å². The fourth-order valence-corrected chi connectivity index (χ4v) is 1.75. The second kappa shape index (κ2) is 1.67. The molecule has 2 aliphatic heterocycles. The monoisotopic (exact) mass is 148 g/mol. The molecule has 0 aromatic carbocycles. The number of fused-ring (bicyclic) bond motifs is 4. The van der Waals surface area contributed by atoms with Gasteiger partial charge in [-0.3, -0.25) is 4.99 Å². The van der Waals surface area contributed by atoms with Gasteiger partial charge in [-0.2, -0.15) is 0 Å². The minimum Gasteiger partial charge on any atom is -0.472 e. The summed E-state index contributed by atoms with van der Waals surface area (Å²) in [6, 6.07) is 0.345. The first-order valence-electron chi connectivity index (χ1n) is 3.76. The van der Waals surface area contributed by atoms with E-state index in [1.54, 1.807) is 0 Å². The number of hydrogen-bond donors (Lipinski definition) is 0. The van der Waals surface area contributed by atoms with Crippen LogP contribution in [0.15, 0.2) is 21.9 Å². The Balaban J connectivity index is 2.18. The van der Waals surface area contributed by atoms with E-state index in [1.807, 2.05) is 18.9 Å². The average molecular weight is 148 g/mol. The Morgan fingerprint density at radius 2 is 2.55 bits per heavy atom. The molecule has 56 valence electrons. The van der Waals surface area contributed by atoms with E-state index in [0.717, 1.165) is 13.1 Å². The van der Waals surface area contributed by atoms with Crippen LogP contribution in [0.4, 0.5) is 0 Å². The molecule has 0 fully saturated rings. The summed E-state index contributed by atoms with van der Waals surface area (Å²) in [7, 11) is 0. The van der Waals surface area contributed by atoms with Gasteiger partial charge >= 0.3 is 0 Å². The van der Waals surface area contributed by atoms with E-state index >= 15 is 0 Å². The molecule has 3 nitrogen and oxygen atoms in total. The predicted molar refractivity (Wildman–Crippen MR) is 40.4 cm³/mol. The van der Waals surface area contributed by atoms with Crippen LogP contribution < -0.4 is 0 Å². The van der Waals surface area contributed by atoms with Crippen molar-refractivity contribution in [2.24, 2.45) is 4.99 Å². The molecular formula is C8H8N2O. The molecule has 3 heterocycles. The van der Waals surface area contributed by atoms with Crippen LogP contribution in [0, 0.1) is 0 Å². The minimum absolute atomic E-state index is 0.345. The van der Waals surface area contributed by atoms with E-state index in [1.165, 1.54) is 11.1 Å². The largest absolute Gasteiger partial charge is 0.472 e. The Morgan fingerprint density at radius 1 is 1.55 bits per heavy atom. The number of furan rings is 1. The van der Waals surface area contributed by atoms with Crippen molar-refractivity contribution >= 4 is 6.34 Å². The lowest BCUT2D eigenvalue weighted by molar-refractivity contribution is 0.403. The highest BCUT2D eigenvalue weighted by Gasteiger charge is 2.28. The third-order valence-electron chi connectivity index (χ3n) is 2.33. The maximum atomic E-state index is 5.12. The first-order chi connectivity index (χ1) is 5.43. The number of aliphatic imine (C=N–C) groups is 1. The normalized spacial score (nSPS) is 25.8. The molecule has 0 saturated heterocycles. The summed E-state index contributed by atoms with van der Waals surface area (Å²) in [5, 5.41) is 0. The van der Waals surface area contributed by atoms with Gasteiger partial charge in [-0.25, -0.2) is 0 Å². The molecule has 2 aliphatic rings. The van der Waals surface area contributed by atoms with Crippen molar-refractivity contribution in [3.63, 3.8) is 0 Å². The quantitative estimate of drug-likeness (QED) is 0.552. The lowest BCUT2D eigenvalue weighted by Crippen LogP contribution is -2.24. The van der Waals surface area contributed by atoms with Gasteiger partial charge in [0, 0.05) is 24.2 Å². The summed E-state index contributed by atoms with van der Waals surface area (Å²) >= 11 is 0. The first-order valence-corrected chi connectivity index (χ1v) is 3.76. The standard InChI is InChI=1S/C8H8N2O/c1-6-3-11-4-7(6)8-2-10(1)5-9-8/h3-5,8H,1-2H2/t8-/m1/s1. The fourth-order valence-electron chi connectivity index (χ4n) is 1.75. The zero-order valence-electron chi connectivity index (χ0n) is 6.03. The van der Waals surface area contributed by atoms with E-state index in [0.29, 0.717) is 6.04 Å². The Morgan fingerprint density at radius 3 is 3.55 bits per heavy atom. The second-order valence-corrected chi connectivity index (χ2v) is 3.06. The van der Waals surface area contributed by atoms with Gasteiger partial charge in [-0.1, -0.05) is 0 Å². The van der Waals surface area contributed by atoms with Crippen LogP contribution in [0.1, 0.15) is 17.2 Å². The van der Waals surface area contributed by atoms with Gasteiger partial charge in [0.05, 0.1) is 24.9 Å². The molecular weight excluding hydrogens is 140 g/mol. The van der Waals surface area contributed by atoms with Crippen molar-refractivity contribution in [3.05, 3.63) is 23.7 Å². The molecule has 2 bridgehead atoms. The molecule has 11 heavy (non-hydrogen) atoms. The van der Waals surface area contributed by atoms with Crippen molar-refractivity contribution in [1.29, 1.82) is 0 Å². The number of nitrogens with zero attached hydrogens (tertiary/aromatic N) is 2. The average Bonchev–Trinajstić information content (AvgIpc) is 2.58. The van der Waals surface area contributed by atoms with Crippen molar-refractivity contribution in [2.75, 3.05) is 6.54 Å². The van der Waals surface area contributed by atoms with Crippen molar-refractivity contribution < 1.29 is 4.42 Å². The molecule has 1 aromatic heterocycles. The Kier molecular flexibility index (Phi) is 0.820. The van der Waals surface area contributed by atoms with Crippen LogP contribution in [0.25, 0.3) is 0 Å². The first kappa shape index (κ1) is 5.41. The van der Waals surface area contributed by atoms with Gasteiger partial charge in [-0.05, 0) is 0 Å². The highest BCUT2D eigenvalue weighted by atomic mass is 16.3. The Hall–Kier alpha value is -1.25. The lowest BCUT2D eigenvalue weighted by atomic mass is 10.0. The third-order valence-corrected chi connectivity index (χ3v) is 2.33. The van der Waals surface area contributed by atoms with Crippen molar-refractivity contribution in [1.82, 2.24) is 4.90 Å². The summed E-state index contributed by atoms with van der Waals surface area (Å²) in [6.07, 6.45) is 5.58. The van der Waals surface area contributed by atoms with Gasteiger partial charge in [0.1, 0.15) is 0 Å². The maximum Gasteiger partial charge on any atom is 0.0975 e. The summed E-state index contributed by atoms with van der Waals surface area (Å²) < 4.78 is 5.12. The van der Waals surface area contributed by atoms with Crippen LogP contribution in [0.2, 0.25) is 0 Å². The van der Waals surface area contributed by atoms with Gasteiger partial charge in [-0.15, -0.1) is 0 Å². The highest BCUT2D eigenvalue weighted by molar-refractivity contribution is 5.60. The van der Waals surface area contributed by atoms with Crippen LogP contribution in [-0.4, -0.2) is 17.8 Å². The topological polar surface area (TPSA) is 28.7 Å². The zero-order chi connectivity index (χ0) is 7.26. The third kappa shape index (κ3) is 0.601. The fraction of sp³-hybridized carbons (Fsp3) is 0.375. The summed E-state index contributed by atoms with van der Waals surface area (Å²) in [5.41, 5.74) is 2.56. The minimum atomic E-state index is 0.345. The highest BCUT2D eigenvalue weighted by Crippen LogP contribution is 2.32. The Labute approximate surface area is 64.3 Å². The zero-order valence-corrected chi connectivity index (χ0v) is 6.03. The predicted octanol–water partition coefficient (Wildman–Crippen LogP) is 1.18. The van der Waals surface area contributed by atoms with Crippen molar-refractivity contribution in [2.45, 2.75) is 12.6 Å². The second-order valence-electron chi connectivity index (χ2n) is 3.06. The lowest BCUT2D eigenvalue weighted by Gasteiger charge is -2.21. The number of hydrogen-bond acceptors (Lipinski definition) is 3. The van der Waals surface area contributed by atoms with E-state index in [-0.39, 0.29) is 0 Å². The van der Waals surface area contributed by atoms with Gasteiger partial charge in [0.25, 0.3) is 0 Å². The molecule has 0 spiro atoms. The molecule has 0 amide bonds. The molecule has 3 heteroatoms. The van der Waals surface area contributed by atoms with Crippen molar-refractivity contribution in [3.8, 4) is 0 Å². The molecule has 0 N–H and O–H groups in total. The van der Waals surface area contributed by atoms with Gasteiger partial charge < -0.3 is 9.32 Å². The van der Waals surface area contributed by atoms with Gasteiger partial charge in [0.15, 0.2) is 0 Å². The van der Waals surface area contributed by atoms with E-state index in [2.05, 4.69) is 9.89 Å². The molecule has 1 atom stereocenters. The maximum absolute atomic E-state index is 5.12. The van der Waals surface area contributed by atoms with Crippen LogP contribution in [0.5, 0.6) is 0 Å². The van der Waals surface area contributed by atoms with E-state index < -0.39 is 0 Å². The molecule has 0 saturated carbocycles. The van der Waals surface area contributed by atoms with Crippen LogP contribution >= 0.6 is 0 Å². The molecule has 0 radical (unpaired) electrons. The number of rotatable bonds is 0. The summed E-state index contributed by atoms with van der Waals surface area (Å²) in [5.74, 6) is 0. The van der Waals surface area contributed by atoms with E-state index in [9.17, 15) is 0 Å². The summed E-state index contributed by atoms with van der Waals surface area (Å²) in [4.78, 5) is 6.56. The molecule has 0 aliphatic carbocycles. The van der Waals surface area contributed by atoms with E-state index in [4.69, 9.17) is 4.42 Å². The molecule has 3 rings (SSSR count). The SMILES string of the molecule is C1=N[C@@H]2CN1Cc1cocc12. The Bertz CT molecular complexity index is 316. The summed E-state index contributed by atoms with van der Waals surface area (Å²) in [6.45, 7) is 2.00.